The van der Waals surface area contributed by atoms with E-state index in [0.717, 1.165) is 19.3 Å². The van der Waals surface area contributed by atoms with E-state index in [2.05, 4.69) is 28.9 Å². The number of rotatable bonds is 7. The zero-order valence-electron chi connectivity index (χ0n) is 15.8. The minimum absolute atomic E-state index is 0.0414. The summed E-state index contributed by atoms with van der Waals surface area (Å²) in [4.78, 5) is 53.9. The van der Waals surface area contributed by atoms with Crippen molar-refractivity contribution in [3.8, 4) is 0 Å². The fourth-order valence-corrected chi connectivity index (χ4v) is 4.07. The van der Waals surface area contributed by atoms with Gasteiger partial charge in [0.2, 0.25) is 5.91 Å². The molecule has 2 aliphatic rings. The van der Waals surface area contributed by atoms with Crippen molar-refractivity contribution in [3.05, 3.63) is 0 Å². The fourth-order valence-electron chi connectivity index (χ4n) is 3.37. The van der Waals surface area contributed by atoms with Gasteiger partial charge in [0.25, 0.3) is 21.9 Å². The van der Waals surface area contributed by atoms with Gasteiger partial charge in [0, 0.05) is 18.6 Å². The molecule has 3 amide bonds. The number of amides is 3. The van der Waals surface area contributed by atoms with Crippen molar-refractivity contribution in [1.29, 1.82) is 0 Å². The lowest BCUT2D eigenvalue weighted by molar-refractivity contribution is -0.197. The van der Waals surface area contributed by atoms with Crippen LogP contribution in [0, 0.1) is 0 Å². The second-order valence-electron chi connectivity index (χ2n) is 7.10. The number of imide groups is 1. The van der Waals surface area contributed by atoms with Gasteiger partial charge in [-0.05, 0) is 26.7 Å². The third kappa shape index (κ3) is 5.49. The Hall–Kier alpha value is -2.05. The van der Waals surface area contributed by atoms with Crippen LogP contribution in [0.1, 0.15) is 46.0 Å². The van der Waals surface area contributed by atoms with Crippen molar-refractivity contribution in [2.45, 2.75) is 63.3 Å². The topological polar surface area (TPSA) is 150 Å². The molecule has 3 unspecified atom stereocenters. The normalized spacial score (nSPS) is 26.4. The molecule has 28 heavy (non-hydrogen) atoms. The van der Waals surface area contributed by atoms with Gasteiger partial charge in [0.05, 0.1) is 19.4 Å². The largest absolute Gasteiger partial charge is 0.354 e. The molecule has 12 heteroatoms. The Morgan fingerprint density at radius 2 is 1.82 bits per heavy atom. The first-order valence-corrected chi connectivity index (χ1v) is 10.6. The highest BCUT2D eigenvalue weighted by Crippen LogP contribution is 2.22. The molecule has 0 aliphatic carbocycles. The second kappa shape index (κ2) is 8.97. The Morgan fingerprint density at radius 3 is 2.36 bits per heavy atom. The summed E-state index contributed by atoms with van der Waals surface area (Å²) in [6.45, 7) is 4.26. The number of carbonyl (C=O) groups excluding carboxylic acids is 4. The quantitative estimate of drug-likeness (QED) is 0.400. The number of piperidine rings is 1. The highest BCUT2D eigenvalue weighted by atomic mass is 32.2. The van der Waals surface area contributed by atoms with Crippen LogP contribution in [0.25, 0.3) is 0 Å². The van der Waals surface area contributed by atoms with E-state index in [4.69, 9.17) is 4.55 Å². The van der Waals surface area contributed by atoms with E-state index in [-0.39, 0.29) is 30.5 Å². The van der Waals surface area contributed by atoms with Crippen molar-refractivity contribution < 1.29 is 37.0 Å². The van der Waals surface area contributed by atoms with E-state index in [1.807, 2.05) is 0 Å². The predicted molar refractivity (Wildman–Crippen MR) is 95.0 cm³/mol. The molecule has 11 nitrogen and oxygen atoms in total. The van der Waals surface area contributed by atoms with Crippen LogP contribution < -0.4 is 5.32 Å². The van der Waals surface area contributed by atoms with Gasteiger partial charge in [-0.25, -0.2) is 4.79 Å². The maximum absolute atomic E-state index is 12.1. The standard InChI is InChI=1S/C16H25N3O8S/c1-10-4-3-5-11(2)18(10)9-13(20)17-7-6-15(22)27-19-14(21)8-12(16(19)23)28(24,25)26/h10-12H,3-9H2,1-2H3,(H,17,20)(H,24,25,26). The molecule has 2 N–H and O–H groups in total. The Balaban J connectivity index is 1.76. The van der Waals surface area contributed by atoms with Crippen LogP contribution in [0.4, 0.5) is 0 Å². The van der Waals surface area contributed by atoms with Crippen LogP contribution in [0.3, 0.4) is 0 Å². The molecule has 0 radical (unpaired) electrons. The van der Waals surface area contributed by atoms with Gasteiger partial charge in [-0.1, -0.05) is 6.42 Å². The predicted octanol–water partition coefficient (Wildman–Crippen LogP) is -0.771. The van der Waals surface area contributed by atoms with E-state index in [0.29, 0.717) is 12.1 Å². The minimum Gasteiger partial charge on any atom is -0.354 e. The zero-order valence-corrected chi connectivity index (χ0v) is 16.6. The van der Waals surface area contributed by atoms with Crippen LogP contribution in [0.5, 0.6) is 0 Å². The number of hydrogen-bond donors (Lipinski definition) is 2. The minimum atomic E-state index is -4.77. The van der Waals surface area contributed by atoms with E-state index >= 15 is 0 Å². The van der Waals surface area contributed by atoms with Crippen molar-refractivity contribution >= 4 is 33.8 Å². The molecular weight excluding hydrogens is 394 g/mol. The van der Waals surface area contributed by atoms with E-state index < -0.39 is 39.6 Å². The molecule has 2 saturated heterocycles. The molecule has 158 valence electrons. The number of nitrogens with one attached hydrogen (secondary N) is 1. The smallest absolute Gasteiger partial charge is 0.334 e. The monoisotopic (exact) mass is 419 g/mol. The third-order valence-electron chi connectivity index (χ3n) is 4.97. The fraction of sp³-hybridized carbons (Fsp3) is 0.750. The average molecular weight is 419 g/mol. The Labute approximate surface area is 163 Å². The number of hydrogen-bond acceptors (Lipinski definition) is 8. The molecule has 0 aromatic rings. The summed E-state index contributed by atoms with van der Waals surface area (Å²) >= 11 is 0. The lowest BCUT2D eigenvalue weighted by atomic mass is 9.97. The van der Waals surface area contributed by atoms with Crippen LogP contribution in [-0.2, 0) is 34.1 Å². The molecule has 0 saturated carbocycles. The van der Waals surface area contributed by atoms with Gasteiger partial charge in [-0.2, -0.15) is 8.42 Å². The van der Waals surface area contributed by atoms with Crippen molar-refractivity contribution in [2.75, 3.05) is 13.1 Å². The van der Waals surface area contributed by atoms with Crippen LogP contribution in [-0.4, -0.2) is 77.0 Å². The zero-order chi connectivity index (χ0) is 21.1. The second-order valence-corrected chi connectivity index (χ2v) is 8.70. The van der Waals surface area contributed by atoms with Gasteiger partial charge in [-0.15, -0.1) is 5.06 Å². The molecule has 0 bridgehead atoms. The highest BCUT2D eigenvalue weighted by molar-refractivity contribution is 7.87. The Kier molecular flexibility index (Phi) is 7.12. The van der Waals surface area contributed by atoms with Crippen molar-refractivity contribution in [1.82, 2.24) is 15.3 Å². The first-order valence-electron chi connectivity index (χ1n) is 9.07. The molecule has 3 atom stereocenters. The summed E-state index contributed by atoms with van der Waals surface area (Å²) in [5, 5.41) is 0.647. The third-order valence-corrected chi connectivity index (χ3v) is 6.06. The number of likely N-dealkylation sites (tertiary alicyclic amines) is 1. The van der Waals surface area contributed by atoms with Gasteiger partial charge in [0.1, 0.15) is 0 Å². The molecule has 0 spiro atoms. The summed E-state index contributed by atoms with van der Waals surface area (Å²) in [6, 6.07) is 0.588. The maximum Gasteiger partial charge on any atom is 0.334 e. The number of nitrogens with zero attached hydrogens (tertiary/aromatic N) is 2. The van der Waals surface area contributed by atoms with Gasteiger partial charge in [0.15, 0.2) is 5.25 Å². The highest BCUT2D eigenvalue weighted by Gasteiger charge is 2.48. The summed E-state index contributed by atoms with van der Waals surface area (Å²) in [5.74, 6) is -3.61. The first-order chi connectivity index (χ1) is 13.0. The average Bonchev–Trinajstić information content (AvgIpc) is 2.86. The van der Waals surface area contributed by atoms with E-state index in [1.54, 1.807) is 0 Å². The molecule has 2 heterocycles. The first kappa shape index (κ1) is 22.2. The van der Waals surface area contributed by atoms with E-state index in [9.17, 15) is 27.6 Å². The Bertz CT molecular complexity index is 743. The maximum atomic E-state index is 12.1. The van der Waals surface area contributed by atoms with Crippen LogP contribution >= 0.6 is 0 Å². The van der Waals surface area contributed by atoms with Gasteiger partial charge >= 0.3 is 5.97 Å². The molecular formula is C16H25N3O8S. The lowest BCUT2D eigenvalue weighted by Crippen LogP contribution is -2.48. The molecule has 2 aliphatic heterocycles. The summed E-state index contributed by atoms with van der Waals surface area (Å²) < 4.78 is 31.0. The SMILES string of the molecule is CC1CCCC(C)N1CC(=O)NCCC(=O)ON1C(=O)CC(S(=O)(=O)O)C1=O. The van der Waals surface area contributed by atoms with Crippen LogP contribution in [0.15, 0.2) is 0 Å². The number of hydroxylamine groups is 2. The summed E-state index contributed by atoms with van der Waals surface area (Å²) in [7, 11) is -4.77. The Morgan fingerprint density at radius 1 is 1.21 bits per heavy atom. The van der Waals surface area contributed by atoms with Crippen molar-refractivity contribution in [3.63, 3.8) is 0 Å². The van der Waals surface area contributed by atoms with Gasteiger partial charge in [-0.3, -0.25) is 23.8 Å². The molecule has 0 aromatic carbocycles. The molecule has 2 fully saturated rings. The van der Waals surface area contributed by atoms with Gasteiger partial charge < -0.3 is 10.2 Å². The summed E-state index contributed by atoms with van der Waals surface area (Å²) in [6.07, 6.45) is 2.05. The van der Waals surface area contributed by atoms with Crippen molar-refractivity contribution in [2.24, 2.45) is 0 Å². The lowest BCUT2D eigenvalue weighted by Gasteiger charge is -2.38. The molecule has 2 rings (SSSR count). The van der Waals surface area contributed by atoms with Crippen LogP contribution in [0.2, 0.25) is 0 Å². The molecule has 0 aromatic heterocycles. The summed E-state index contributed by atoms with van der Waals surface area (Å²) in [5.41, 5.74) is 0. The number of carbonyl (C=O) groups is 4. The van der Waals surface area contributed by atoms with E-state index in [1.165, 1.54) is 0 Å².